The number of nitrogens with one attached hydrogen (secondary N) is 1. The summed E-state index contributed by atoms with van der Waals surface area (Å²) in [6.45, 7) is 1.71. The summed E-state index contributed by atoms with van der Waals surface area (Å²) in [6.07, 6.45) is 0. The van der Waals surface area contributed by atoms with Crippen molar-refractivity contribution < 1.29 is 4.42 Å². The predicted octanol–water partition coefficient (Wildman–Crippen LogP) is 2.69. The van der Waals surface area contributed by atoms with E-state index in [1.807, 2.05) is 12.1 Å². The highest BCUT2D eigenvalue weighted by Crippen LogP contribution is 2.33. The van der Waals surface area contributed by atoms with Crippen LogP contribution in [-0.2, 0) is 13.1 Å². The lowest BCUT2D eigenvalue weighted by atomic mass is 10.1. The molecule has 66 valence electrons. The Hall–Kier alpha value is -0.990. The highest BCUT2D eigenvalue weighted by atomic mass is 35.5. The Balaban J connectivity index is 2.44. The third-order valence-electron chi connectivity index (χ3n) is 2.44. The molecular weight excluding hydrogens is 186 g/mol. The van der Waals surface area contributed by atoms with Crippen molar-refractivity contribution in [2.45, 2.75) is 13.1 Å². The number of benzene rings is 1. The van der Waals surface area contributed by atoms with Gasteiger partial charge in [-0.15, -0.1) is 0 Å². The van der Waals surface area contributed by atoms with E-state index in [9.17, 15) is 0 Å². The van der Waals surface area contributed by atoms with Gasteiger partial charge >= 0.3 is 0 Å². The molecule has 1 aromatic carbocycles. The predicted molar refractivity (Wildman–Crippen MR) is 51.8 cm³/mol. The van der Waals surface area contributed by atoms with Gasteiger partial charge in [0.2, 0.25) is 0 Å². The van der Waals surface area contributed by atoms with Crippen molar-refractivity contribution in [2.24, 2.45) is 0 Å². The van der Waals surface area contributed by atoms with Crippen molar-refractivity contribution in [3.63, 3.8) is 0 Å². The normalized spacial score (nSPS) is 15.2. The van der Waals surface area contributed by atoms with E-state index in [1.165, 1.54) is 5.56 Å². The van der Waals surface area contributed by atoms with E-state index < -0.39 is 0 Å². The molecule has 13 heavy (non-hydrogen) atoms. The van der Waals surface area contributed by atoms with Crippen LogP contribution in [-0.4, -0.2) is 0 Å². The first-order valence-electron chi connectivity index (χ1n) is 4.26. The number of rotatable bonds is 0. The zero-order valence-corrected chi connectivity index (χ0v) is 7.69. The minimum atomic E-state index is 0.701. The number of furan rings is 1. The maximum Gasteiger partial charge on any atom is 0.153 e. The quantitative estimate of drug-likeness (QED) is 0.696. The molecule has 0 saturated heterocycles. The van der Waals surface area contributed by atoms with Gasteiger partial charge in [-0.3, -0.25) is 0 Å². The number of hydrogen-bond acceptors (Lipinski definition) is 2. The first-order valence-corrected chi connectivity index (χ1v) is 4.63. The van der Waals surface area contributed by atoms with E-state index in [0.717, 1.165) is 29.8 Å². The maximum atomic E-state index is 6.01. The van der Waals surface area contributed by atoms with Crippen LogP contribution in [0.4, 0.5) is 0 Å². The van der Waals surface area contributed by atoms with Crippen molar-refractivity contribution >= 4 is 22.6 Å². The van der Waals surface area contributed by atoms with Gasteiger partial charge in [0.25, 0.3) is 0 Å². The second-order valence-corrected chi connectivity index (χ2v) is 3.63. The molecule has 2 aromatic rings. The van der Waals surface area contributed by atoms with Crippen molar-refractivity contribution in [1.82, 2.24) is 5.32 Å². The Labute approximate surface area is 80.5 Å². The van der Waals surface area contributed by atoms with Gasteiger partial charge in [-0.2, -0.15) is 0 Å². The highest BCUT2D eigenvalue weighted by molar-refractivity contribution is 6.34. The van der Waals surface area contributed by atoms with E-state index in [4.69, 9.17) is 16.0 Å². The van der Waals surface area contributed by atoms with Gasteiger partial charge in [0, 0.05) is 17.5 Å². The van der Waals surface area contributed by atoms with Crippen LogP contribution >= 0.6 is 11.6 Å². The molecule has 0 fully saturated rings. The fourth-order valence-corrected chi connectivity index (χ4v) is 2.04. The summed E-state index contributed by atoms with van der Waals surface area (Å²) in [5.41, 5.74) is 2.09. The van der Waals surface area contributed by atoms with Crippen LogP contribution in [0.2, 0.25) is 5.02 Å². The first kappa shape index (κ1) is 7.42. The summed E-state index contributed by atoms with van der Waals surface area (Å²) in [4.78, 5) is 0. The van der Waals surface area contributed by atoms with E-state index in [1.54, 1.807) is 0 Å². The van der Waals surface area contributed by atoms with Gasteiger partial charge < -0.3 is 9.73 Å². The number of hydrogen-bond donors (Lipinski definition) is 1. The van der Waals surface area contributed by atoms with Crippen molar-refractivity contribution in [2.75, 3.05) is 0 Å². The Morgan fingerprint density at radius 2 is 2.23 bits per heavy atom. The zero-order chi connectivity index (χ0) is 8.84. The van der Waals surface area contributed by atoms with Crippen LogP contribution in [0.25, 0.3) is 11.0 Å². The van der Waals surface area contributed by atoms with Gasteiger partial charge in [0.15, 0.2) is 5.58 Å². The lowest BCUT2D eigenvalue weighted by molar-refractivity contribution is 0.544. The van der Waals surface area contributed by atoms with Gasteiger partial charge in [-0.1, -0.05) is 23.7 Å². The summed E-state index contributed by atoms with van der Waals surface area (Å²) in [5, 5.41) is 5.09. The molecule has 1 aliphatic heterocycles. The Kier molecular flexibility index (Phi) is 1.43. The van der Waals surface area contributed by atoms with Crippen molar-refractivity contribution in [3.8, 4) is 0 Å². The molecule has 0 spiro atoms. The molecule has 3 heteroatoms. The standard InChI is InChI=1S/C10H8ClNO/c11-8-3-1-2-6-7-4-12-5-9(7)13-10(6)8/h1-3,12H,4-5H2. The molecule has 3 rings (SSSR count). The monoisotopic (exact) mass is 193 g/mol. The van der Waals surface area contributed by atoms with Crippen molar-refractivity contribution in [3.05, 3.63) is 34.5 Å². The molecule has 1 N–H and O–H groups in total. The molecule has 0 bridgehead atoms. The molecule has 0 radical (unpaired) electrons. The molecule has 0 amide bonds. The molecule has 0 atom stereocenters. The molecule has 0 aliphatic carbocycles. The third kappa shape index (κ3) is 0.929. The Morgan fingerprint density at radius 3 is 3.15 bits per heavy atom. The SMILES string of the molecule is Clc1cccc2c3c(oc12)CNC3. The van der Waals surface area contributed by atoms with Crippen LogP contribution in [0.3, 0.4) is 0 Å². The lowest BCUT2D eigenvalue weighted by Crippen LogP contribution is -2.00. The number of fused-ring (bicyclic) bond motifs is 3. The average Bonchev–Trinajstić information content (AvgIpc) is 2.65. The highest BCUT2D eigenvalue weighted by Gasteiger charge is 2.19. The summed E-state index contributed by atoms with van der Waals surface area (Å²) in [6, 6.07) is 5.87. The summed E-state index contributed by atoms with van der Waals surface area (Å²) >= 11 is 6.01. The summed E-state index contributed by atoms with van der Waals surface area (Å²) in [5.74, 6) is 1.03. The van der Waals surface area contributed by atoms with Crippen LogP contribution in [0.15, 0.2) is 22.6 Å². The number of halogens is 1. The van der Waals surface area contributed by atoms with E-state index in [-0.39, 0.29) is 0 Å². The average molecular weight is 194 g/mol. The molecule has 2 heterocycles. The van der Waals surface area contributed by atoms with E-state index >= 15 is 0 Å². The molecule has 0 unspecified atom stereocenters. The van der Waals surface area contributed by atoms with Gasteiger partial charge in [0.1, 0.15) is 5.76 Å². The largest absolute Gasteiger partial charge is 0.458 e. The smallest absolute Gasteiger partial charge is 0.153 e. The maximum absolute atomic E-state index is 6.01. The fraction of sp³-hybridized carbons (Fsp3) is 0.200. The zero-order valence-electron chi connectivity index (χ0n) is 6.93. The van der Waals surface area contributed by atoms with Crippen LogP contribution in [0.1, 0.15) is 11.3 Å². The van der Waals surface area contributed by atoms with E-state index in [0.29, 0.717) is 5.02 Å². The van der Waals surface area contributed by atoms with Crippen LogP contribution in [0, 0.1) is 0 Å². The molecule has 1 aromatic heterocycles. The third-order valence-corrected chi connectivity index (χ3v) is 2.74. The van der Waals surface area contributed by atoms with Crippen molar-refractivity contribution in [1.29, 1.82) is 0 Å². The minimum absolute atomic E-state index is 0.701. The van der Waals surface area contributed by atoms with Gasteiger partial charge in [-0.05, 0) is 6.07 Å². The second kappa shape index (κ2) is 2.50. The molecule has 2 nitrogen and oxygen atoms in total. The molecule has 0 saturated carbocycles. The molecule has 1 aliphatic rings. The second-order valence-electron chi connectivity index (χ2n) is 3.22. The van der Waals surface area contributed by atoms with Crippen LogP contribution in [0.5, 0.6) is 0 Å². The minimum Gasteiger partial charge on any atom is -0.458 e. The Bertz CT molecular complexity index is 475. The van der Waals surface area contributed by atoms with Crippen LogP contribution < -0.4 is 5.32 Å². The first-order chi connectivity index (χ1) is 6.36. The fourth-order valence-electron chi connectivity index (χ4n) is 1.82. The number of para-hydroxylation sites is 1. The Morgan fingerprint density at radius 1 is 1.31 bits per heavy atom. The summed E-state index contributed by atoms with van der Waals surface area (Å²) < 4.78 is 5.65. The summed E-state index contributed by atoms with van der Waals surface area (Å²) in [7, 11) is 0. The van der Waals surface area contributed by atoms with Gasteiger partial charge in [0.05, 0.1) is 11.6 Å². The topological polar surface area (TPSA) is 25.2 Å². The lowest BCUT2D eigenvalue weighted by Gasteiger charge is -1.94. The molecular formula is C10H8ClNO. The van der Waals surface area contributed by atoms with Gasteiger partial charge in [-0.25, -0.2) is 0 Å². The van der Waals surface area contributed by atoms with E-state index in [2.05, 4.69) is 11.4 Å².